The molecule has 3 rings (SSSR count). The van der Waals surface area contributed by atoms with Gasteiger partial charge in [-0.05, 0) is 49.6 Å². The minimum Gasteiger partial charge on any atom is -0.349 e. The van der Waals surface area contributed by atoms with Crippen LogP contribution in [0.15, 0.2) is 53.7 Å². The second kappa shape index (κ2) is 11.8. The molecule has 0 saturated carbocycles. The highest BCUT2D eigenvalue weighted by Crippen LogP contribution is 2.26. The smallest absolute Gasteiger partial charge is 0.223 e. The van der Waals surface area contributed by atoms with Crippen molar-refractivity contribution in [2.45, 2.75) is 63.9 Å². The van der Waals surface area contributed by atoms with Gasteiger partial charge in [0.05, 0.1) is 6.54 Å². The Morgan fingerprint density at radius 2 is 1.81 bits per heavy atom. The molecule has 0 radical (unpaired) electrons. The minimum atomic E-state index is -0.246. The first kappa shape index (κ1) is 24.0. The standard InChI is InChI=1S/C25H31FN4OS/c1-4-6-7-20(5-2)24(31)27-16-23-28-29-25(30(23)22-14-8-18(3)9-15-22)32-17-19-10-12-21(26)13-11-19/h8-15,20H,4-7,16-17H2,1-3H3,(H,27,31). The number of hydrogen-bond acceptors (Lipinski definition) is 4. The van der Waals surface area contributed by atoms with E-state index in [9.17, 15) is 9.18 Å². The number of benzene rings is 2. The first-order valence-corrected chi connectivity index (χ1v) is 12.2. The number of carbonyl (C=O) groups is 1. The highest BCUT2D eigenvalue weighted by Gasteiger charge is 2.19. The summed E-state index contributed by atoms with van der Waals surface area (Å²) in [5.74, 6) is 1.18. The van der Waals surface area contributed by atoms with E-state index in [1.165, 1.54) is 29.5 Å². The Labute approximate surface area is 193 Å². The summed E-state index contributed by atoms with van der Waals surface area (Å²) in [5.41, 5.74) is 3.12. The van der Waals surface area contributed by atoms with E-state index in [1.807, 2.05) is 35.8 Å². The number of amides is 1. The van der Waals surface area contributed by atoms with Crippen LogP contribution in [0.2, 0.25) is 0 Å². The Morgan fingerprint density at radius 3 is 2.47 bits per heavy atom. The van der Waals surface area contributed by atoms with Gasteiger partial charge in [0.25, 0.3) is 0 Å². The number of rotatable bonds is 11. The molecule has 170 valence electrons. The topological polar surface area (TPSA) is 59.8 Å². The third-order valence-corrected chi connectivity index (χ3v) is 6.46. The molecule has 5 nitrogen and oxygen atoms in total. The lowest BCUT2D eigenvalue weighted by molar-refractivity contribution is -0.125. The van der Waals surface area contributed by atoms with Crippen LogP contribution < -0.4 is 5.32 Å². The Bertz CT molecular complexity index is 1000. The molecule has 1 amide bonds. The molecule has 1 atom stereocenters. The second-order valence-corrected chi connectivity index (χ2v) is 8.89. The molecule has 2 aromatic carbocycles. The average molecular weight is 455 g/mol. The van der Waals surface area contributed by atoms with Crippen LogP contribution in [0.25, 0.3) is 5.69 Å². The van der Waals surface area contributed by atoms with Crippen molar-refractivity contribution in [3.8, 4) is 5.69 Å². The molecule has 1 aromatic heterocycles. The van der Waals surface area contributed by atoms with E-state index in [0.29, 0.717) is 18.1 Å². The Kier molecular flexibility index (Phi) is 8.85. The molecule has 0 bridgehead atoms. The lowest BCUT2D eigenvalue weighted by Crippen LogP contribution is -2.31. The number of halogens is 1. The molecule has 0 aliphatic carbocycles. The van der Waals surface area contributed by atoms with Gasteiger partial charge >= 0.3 is 0 Å². The highest BCUT2D eigenvalue weighted by atomic mass is 32.2. The van der Waals surface area contributed by atoms with E-state index in [-0.39, 0.29) is 17.6 Å². The number of nitrogens with one attached hydrogen (secondary N) is 1. The van der Waals surface area contributed by atoms with Gasteiger partial charge in [0, 0.05) is 17.4 Å². The molecule has 0 aliphatic rings. The van der Waals surface area contributed by atoms with E-state index >= 15 is 0 Å². The van der Waals surface area contributed by atoms with E-state index in [0.717, 1.165) is 42.1 Å². The van der Waals surface area contributed by atoms with Gasteiger partial charge in [0.15, 0.2) is 11.0 Å². The van der Waals surface area contributed by atoms with Crippen LogP contribution >= 0.6 is 11.8 Å². The molecule has 0 saturated heterocycles. The van der Waals surface area contributed by atoms with E-state index in [4.69, 9.17) is 0 Å². The summed E-state index contributed by atoms with van der Waals surface area (Å²) in [6, 6.07) is 14.6. The van der Waals surface area contributed by atoms with Crippen LogP contribution in [-0.2, 0) is 17.1 Å². The molecule has 0 aliphatic heterocycles. The fraction of sp³-hybridized carbons (Fsp3) is 0.400. The summed E-state index contributed by atoms with van der Waals surface area (Å²) in [6.07, 6.45) is 3.87. The van der Waals surface area contributed by atoms with Gasteiger partial charge < -0.3 is 5.32 Å². The van der Waals surface area contributed by atoms with Gasteiger partial charge in [-0.25, -0.2) is 4.39 Å². The maximum atomic E-state index is 13.2. The van der Waals surface area contributed by atoms with E-state index in [2.05, 4.69) is 29.4 Å². The third-order valence-electron chi connectivity index (χ3n) is 5.46. The van der Waals surface area contributed by atoms with Gasteiger partial charge in [-0.3, -0.25) is 9.36 Å². The van der Waals surface area contributed by atoms with Crippen LogP contribution in [0.4, 0.5) is 4.39 Å². The van der Waals surface area contributed by atoms with Crippen LogP contribution in [0, 0.1) is 18.7 Å². The number of carbonyl (C=O) groups excluding carboxylic acids is 1. The Hall–Kier alpha value is -2.67. The fourth-order valence-electron chi connectivity index (χ4n) is 3.47. The molecule has 3 aromatic rings. The van der Waals surface area contributed by atoms with E-state index in [1.54, 1.807) is 12.1 Å². The summed E-state index contributed by atoms with van der Waals surface area (Å²) in [5, 5.41) is 12.6. The van der Waals surface area contributed by atoms with Gasteiger partial charge in [-0.1, -0.05) is 68.3 Å². The number of hydrogen-bond donors (Lipinski definition) is 1. The highest BCUT2D eigenvalue weighted by molar-refractivity contribution is 7.98. The van der Waals surface area contributed by atoms with Crippen molar-refractivity contribution in [3.05, 3.63) is 71.3 Å². The number of nitrogens with zero attached hydrogens (tertiary/aromatic N) is 3. The molecule has 1 N–H and O–H groups in total. The van der Waals surface area contributed by atoms with Gasteiger partial charge in [-0.15, -0.1) is 10.2 Å². The number of thioether (sulfide) groups is 1. The molecule has 1 heterocycles. The number of aryl methyl sites for hydroxylation is 1. The Morgan fingerprint density at radius 1 is 1.09 bits per heavy atom. The lowest BCUT2D eigenvalue weighted by Gasteiger charge is -2.15. The van der Waals surface area contributed by atoms with Crippen molar-refractivity contribution in [1.29, 1.82) is 0 Å². The zero-order valence-electron chi connectivity index (χ0n) is 19.0. The molecule has 32 heavy (non-hydrogen) atoms. The number of unbranched alkanes of at least 4 members (excludes halogenated alkanes) is 1. The zero-order valence-corrected chi connectivity index (χ0v) is 19.8. The fourth-order valence-corrected chi connectivity index (χ4v) is 4.40. The molecular weight excluding hydrogens is 423 g/mol. The third kappa shape index (κ3) is 6.42. The lowest BCUT2D eigenvalue weighted by atomic mass is 9.98. The van der Waals surface area contributed by atoms with Crippen LogP contribution in [-0.4, -0.2) is 20.7 Å². The zero-order chi connectivity index (χ0) is 22.9. The molecule has 0 fully saturated rings. The van der Waals surface area contributed by atoms with Crippen molar-refractivity contribution >= 4 is 17.7 Å². The van der Waals surface area contributed by atoms with Gasteiger partial charge in [-0.2, -0.15) is 0 Å². The van der Waals surface area contributed by atoms with Crippen molar-refractivity contribution in [2.24, 2.45) is 5.92 Å². The summed E-state index contributed by atoms with van der Waals surface area (Å²) < 4.78 is 15.2. The van der Waals surface area contributed by atoms with Crippen molar-refractivity contribution in [1.82, 2.24) is 20.1 Å². The Balaban J connectivity index is 1.78. The SMILES string of the molecule is CCCCC(CC)C(=O)NCc1nnc(SCc2ccc(F)cc2)n1-c1ccc(C)cc1. The average Bonchev–Trinajstić information content (AvgIpc) is 3.21. The van der Waals surface area contributed by atoms with Crippen molar-refractivity contribution in [3.63, 3.8) is 0 Å². The van der Waals surface area contributed by atoms with Crippen LogP contribution in [0.3, 0.4) is 0 Å². The monoisotopic (exact) mass is 454 g/mol. The first-order chi connectivity index (χ1) is 15.5. The maximum Gasteiger partial charge on any atom is 0.223 e. The summed E-state index contributed by atoms with van der Waals surface area (Å²) in [7, 11) is 0. The van der Waals surface area contributed by atoms with Gasteiger partial charge in [0.1, 0.15) is 5.82 Å². The molecule has 1 unspecified atom stereocenters. The molecule has 0 spiro atoms. The molecule has 7 heteroatoms. The van der Waals surface area contributed by atoms with E-state index < -0.39 is 0 Å². The minimum absolute atomic E-state index is 0.0259. The summed E-state index contributed by atoms with van der Waals surface area (Å²) in [4.78, 5) is 12.7. The quantitative estimate of drug-likeness (QED) is 0.370. The summed E-state index contributed by atoms with van der Waals surface area (Å²) >= 11 is 1.54. The first-order valence-electron chi connectivity index (χ1n) is 11.2. The largest absolute Gasteiger partial charge is 0.349 e. The van der Waals surface area contributed by atoms with Crippen LogP contribution in [0.5, 0.6) is 0 Å². The number of aromatic nitrogens is 3. The van der Waals surface area contributed by atoms with Crippen LogP contribution in [0.1, 0.15) is 56.5 Å². The predicted octanol–water partition coefficient (Wildman–Crippen LogP) is 5.84. The predicted molar refractivity (Wildman–Crippen MR) is 127 cm³/mol. The summed E-state index contributed by atoms with van der Waals surface area (Å²) in [6.45, 7) is 6.56. The molecular formula is C25H31FN4OS. The second-order valence-electron chi connectivity index (χ2n) is 7.95. The normalized spacial score (nSPS) is 12.0. The van der Waals surface area contributed by atoms with Crippen molar-refractivity contribution in [2.75, 3.05) is 0 Å². The maximum absolute atomic E-state index is 13.2. The van der Waals surface area contributed by atoms with Crippen molar-refractivity contribution < 1.29 is 9.18 Å². The van der Waals surface area contributed by atoms with Gasteiger partial charge in [0.2, 0.25) is 5.91 Å².